The van der Waals surface area contributed by atoms with E-state index in [9.17, 15) is 0 Å². The van der Waals surface area contributed by atoms with Crippen molar-refractivity contribution < 1.29 is 4.43 Å². The molecule has 2 N–H and O–H groups in total. The maximum absolute atomic E-state index is 7.06. The lowest BCUT2D eigenvalue weighted by atomic mass is 10.2. The molecule has 3 rings (SSSR count). The minimum atomic E-state index is -2.44. The van der Waals surface area contributed by atoms with Crippen molar-refractivity contribution in [3.05, 3.63) is 60.7 Å². The van der Waals surface area contributed by atoms with Crippen LogP contribution in [0, 0.1) is 0 Å². The molecular formula is C21H29NOSi. The molecule has 1 aliphatic carbocycles. The molecule has 0 saturated heterocycles. The second-order valence-electron chi connectivity index (χ2n) is 7.91. The smallest absolute Gasteiger partial charge is 0.261 e. The van der Waals surface area contributed by atoms with Crippen molar-refractivity contribution in [3.8, 4) is 0 Å². The molecule has 3 heteroatoms. The summed E-state index contributed by atoms with van der Waals surface area (Å²) in [5.74, 6) is 0. The van der Waals surface area contributed by atoms with Crippen molar-refractivity contribution >= 4 is 18.7 Å². The Hall–Kier alpha value is -1.42. The largest absolute Gasteiger partial charge is 0.403 e. The Bertz CT molecular complexity index is 611. The minimum absolute atomic E-state index is 0.0258. The van der Waals surface area contributed by atoms with Gasteiger partial charge in [0.15, 0.2) is 0 Å². The molecule has 0 heterocycles. The van der Waals surface area contributed by atoms with Crippen LogP contribution in [0.2, 0.25) is 5.04 Å². The quantitative estimate of drug-likeness (QED) is 0.866. The zero-order chi connectivity index (χ0) is 17.2. The van der Waals surface area contributed by atoms with Crippen molar-refractivity contribution in [1.82, 2.24) is 0 Å². The van der Waals surface area contributed by atoms with Crippen LogP contribution in [0.4, 0.5) is 0 Å². The predicted molar refractivity (Wildman–Crippen MR) is 104 cm³/mol. The monoisotopic (exact) mass is 339 g/mol. The van der Waals surface area contributed by atoms with Crippen LogP contribution in [-0.2, 0) is 4.43 Å². The van der Waals surface area contributed by atoms with E-state index in [-0.39, 0.29) is 17.2 Å². The number of hydrogen-bond donors (Lipinski definition) is 1. The molecule has 0 spiro atoms. The topological polar surface area (TPSA) is 35.2 Å². The summed E-state index contributed by atoms with van der Waals surface area (Å²) < 4.78 is 7.06. The Morgan fingerprint density at radius 2 is 1.38 bits per heavy atom. The summed E-state index contributed by atoms with van der Waals surface area (Å²) in [5, 5.41) is 2.70. The summed E-state index contributed by atoms with van der Waals surface area (Å²) in [6, 6.07) is 21.8. The van der Waals surface area contributed by atoms with Crippen molar-refractivity contribution in [2.75, 3.05) is 0 Å². The highest BCUT2D eigenvalue weighted by molar-refractivity contribution is 6.99. The first-order valence-electron chi connectivity index (χ1n) is 8.99. The van der Waals surface area contributed by atoms with Crippen LogP contribution >= 0.6 is 0 Å². The van der Waals surface area contributed by atoms with Gasteiger partial charge in [-0.05, 0) is 34.7 Å². The van der Waals surface area contributed by atoms with E-state index in [2.05, 4.69) is 81.4 Å². The van der Waals surface area contributed by atoms with Crippen LogP contribution in [-0.4, -0.2) is 20.5 Å². The van der Waals surface area contributed by atoms with Crippen LogP contribution in [0.15, 0.2) is 60.7 Å². The Morgan fingerprint density at radius 3 is 1.75 bits per heavy atom. The fourth-order valence-electron chi connectivity index (χ4n) is 4.02. The van der Waals surface area contributed by atoms with E-state index in [1.165, 1.54) is 16.8 Å². The van der Waals surface area contributed by atoms with Gasteiger partial charge in [-0.3, -0.25) is 0 Å². The van der Waals surface area contributed by atoms with Crippen LogP contribution in [0.3, 0.4) is 0 Å². The van der Waals surface area contributed by atoms with Crippen LogP contribution in [0.1, 0.15) is 40.0 Å². The molecule has 24 heavy (non-hydrogen) atoms. The zero-order valence-electron chi connectivity index (χ0n) is 15.0. The van der Waals surface area contributed by atoms with Gasteiger partial charge in [-0.2, -0.15) is 0 Å². The first kappa shape index (κ1) is 17.4. The third-order valence-corrected chi connectivity index (χ3v) is 10.3. The molecule has 0 aliphatic heterocycles. The van der Waals surface area contributed by atoms with Crippen molar-refractivity contribution in [1.29, 1.82) is 0 Å². The molecular weight excluding hydrogens is 310 g/mol. The van der Waals surface area contributed by atoms with Crippen LogP contribution < -0.4 is 16.1 Å². The average molecular weight is 340 g/mol. The second-order valence-corrected chi connectivity index (χ2v) is 12.2. The molecule has 128 valence electrons. The minimum Gasteiger partial charge on any atom is -0.403 e. The molecule has 0 bridgehead atoms. The maximum atomic E-state index is 7.06. The van der Waals surface area contributed by atoms with Crippen LogP contribution in [0.25, 0.3) is 0 Å². The lowest BCUT2D eigenvalue weighted by Crippen LogP contribution is -2.68. The lowest BCUT2D eigenvalue weighted by Gasteiger charge is -2.45. The average Bonchev–Trinajstić information content (AvgIpc) is 2.98. The highest BCUT2D eigenvalue weighted by Gasteiger charge is 2.52. The van der Waals surface area contributed by atoms with Gasteiger partial charge in [0, 0.05) is 6.04 Å². The van der Waals surface area contributed by atoms with Crippen molar-refractivity contribution in [3.63, 3.8) is 0 Å². The summed E-state index contributed by atoms with van der Waals surface area (Å²) >= 11 is 0. The van der Waals surface area contributed by atoms with Gasteiger partial charge < -0.3 is 10.2 Å². The number of rotatable bonds is 4. The van der Waals surface area contributed by atoms with Crippen molar-refractivity contribution in [2.24, 2.45) is 5.73 Å². The van der Waals surface area contributed by atoms with Gasteiger partial charge in [0.25, 0.3) is 8.32 Å². The number of nitrogens with two attached hydrogens (primary N) is 1. The van der Waals surface area contributed by atoms with Gasteiger partial charge in [0.1, 0.15) is 0 Å². The van der Waals surface area contributed by atoms with Crippen molar-refractivity contribution in [2.45, 2.75) is 57.2 Å². The van der Waals surface area contributed by atoms with E-state index in [0.29, 0.717) is 0 Å². The summed E-state index contributed by atoms with van der Waals surface area (Å²) in [5.41, 5.74) is 6.38. The molecule has 1 aliphatic rings. The normalized spacial score (nSPS) is 21.8. The van der Waals surface area contributed by atoms with E-state index < -0.39 is 8.32 Å². The van der Waals surface area contributed by atoms with E-state index in [4.69, 9.17) is 10.2 Å². The Balaban J connectivity index is 2.17. The Labute approximate surface area is 147 Å². The van der Waals surface area contributed by atoms with E-state index >= 15 is 0 Å². The SMILES string of the molecule is CC(C)(C)[Si](O[C@H]1CCC[C@H]1N)(c1ccccc1)c1ccccc1. The van der Waals surface area contributed by atoms with Gasteiger partial charge in [-0.1, -0.05) is 81.4 Å². The van der Waals surface area contributed by atoms with E-state index in [1.807, 2.05) is 0 Å². The number of hydrogen-bond acceptors (Lipinski definition) is 2. The first-order chi connectivity index (χ1) is 11.4. The fraction of sp³-hybridized carbons (Fsp3) is 0.429. The second kappa shape index (κ2) is 6.83. The first-order valence-corrected chi connectivity index (χ1v) is 10.9. The highest BCUT2D eigenvalue weighted by atomic mass is 28.4. The summed E-state index contributed by atoms with van der Waals surface area (Å²) in [6.45, 7) is 6.96. The summed E-state index contributed by atoms with van der Waals surface area (Å²) in [7, 11) is -2.44. The third kappa shape index (κ3) is 3.08. The third-order valence-electron chi connectivity index (χ3n) is 5.25. The standard InChI is InChI=1S/C21H29NOSi/c1-21(2,3)24(17-11-6-4-7-12-17,18-13-8-5-9-14-18)23-20-16-10-15-19(20)22/h4-9,11-14,19-20H,10,15-16,22H2,1-3H3/t19-,20+/m1/s1. The Kier molecular flexibility index (Phi) is 4.95. The molecule has 0 amide bonds. The maximum Gasteiger partial charge on any atom is 0.261 e. The van der Waals surface area contributed by atoms with E-state index in [0.717, 1.165) is 12.8 Å². The molecule has 0 aromatic heterocycles. The van der Waals surface area contributed by atoms with Gasteiger partial charge in [-0.25, -0.2) is 0 Å². The molecule has 0 unspecified atom stereocenters. The summed E-state index contributed by atoms with van der Waals surface area (Å²) in [6.07, 6.45) is 3.48. The summed E-state index contributed by atoms with van der Waals surface area (Å²) in [4.78, 5) is 0. The van der Waals surface area contributed by atoms with E-state index in [1.54, 1.807) is 0 Å². The lowest BCUT2D eigenvalue weighted by molar-refractivity contribution is 0.178. The number of benzene rings is 2. The van der Waals surface area contributed by atoms with Gasteiger partial charge in [-0.15, -0.1) is 0 Å². The Morgan fingerprint density at radius 1 is 0.875 bits per heavy atom. The predicted octanol–water partition coefficient (Wildman–Crippen LogP) is 3.44. The molecule has 0 radical (unpaired) electrons. The fourth-order valence-corrected chi connectivity index (χ4v) is 8.78. The highest BCUT2D eigenvalue weighted by Crippen LogP contribution is 2.39. The zero-order valence-corrected chi connectivity index (χ0v) is 16.0. The van der Waals surface area contributed by atoms with Crippen LogP contribution in [0.5, 0.6) is 0 Å². The molecule has 2 aromatic rings. The molecule has 2 nitrogen and oxygen atoms in total. The van der Waals surface area contributed by atoms with Gasteiger partial charge in [0.2, 0.25) is 0 Å². The van der Waals surface area contributed by atoms with Gasteiger partial charge >= 0.3 is 0 Å². The molecule has 1 fully saturated rings. The molecule has 1 saturated carbocycles. The van der Waals surface area contributed by atoms with Gasteiger partial charge in [0.05, 0.1) is 6.10 Å². The molecule has 2 atom stereocenters. The molecule has 2 aromatic carbocycles.